The van der Waals surface area contributed by atoms with Crippen molar-refractivity contribution in [1.29, 1.82) is 0 Å². The van der Waals surface area contributed by atoms with E-state index in [-0.39, 0.29) is 6.04 Å². The van der Waals surface area contributed by atoms with Crippen LogP contribution in [0.25, 0.3) is 0 Å². The van der Waals surface area contributed by atoms with Crippen molar-refractivity contribution in [3.63, 3.8) is 0 Å². The molecule has 2 nitrogen and oxygen atoms in total. The molecule has 1 rings (SSSR count). The van der Waals surface area contributed by atoms with E-state index in [2.05, 4.69) is 35.6 Å². The Morgan fingerprint density at radius 2 is 2.43 bits per heavy atom. The Kier molecular flexibility index (Phi) is 4.68. The zero-order valence-corrected chi connectivity index (χ0v) is 9.45. The summed E-state index contributed by atoms with van der Waals surface area (Å²) < 4.78 is 0. The average molecular weight is 208 g/mol. The van der Waals surface area contributed by atoms with Crippen LogP contribution in [-0.2, 0) is 6.42 Å². The molecule has 0 saturated heterocycles. The average Bonchev–Trinajstić information content (AvgIpc) is 2.67. The van der Waals surface area contributed by atoms with Crippen LogP contribution in [0.2, 0.25) is 0 Å². The van der Waals surface area contributed by atoms with Gasteiger partial charge in [0.15, 0.2) is 0 Å². The molecule has 0 spiro atoms. The van der Waals surface area contributed by atoms with Crippen molar-refractivity contribution in [3.8, 4) is 11.8 Å². The number of aryl methyl sites for hydroxylation is 1. The fourth-order valence-corrected chi connectivity index (χ4v) is 2.44. The highest BCUT2D eigenvalue weighted by molar-refractivity contribution is 7.10. The molecule has 3 N–H and O–H groups in total. The molecule has 1 aromatic heterocycles. The summed E-state index contributed by atoms with van der Waals surface area (Å²) >= 11 is 1.75. The molecule has 0 aliphatic carbocycles. The molecule has 1 aromatic rings. The fraction of sp³-hybridized carbons (Fsp3) is 0.455. The van der Waals surface area contributed by atoms with E-state index >= 15 is 0 Å². The van der Waals surface area contributed by atoms with Gasteiger partial charge in [-0.2, -0.15) is 0 Å². The number of nitrogens with one attached hydrogen (secondary N) is 1. The molecule has 1 heterocycles. The van der Waals surface area contributed by atoms with Crippen molar-refractivity contribution < 1.29 is 0 Å². The first-order chi connectivity index (χ1) is 6.83. The summed E-state index contributed by atoms with van der Waals surface area (Å²) in [6, 6.07) is 2.33. The zero-order chi connectivity index (χ0) is 10.4. The predicted octanol–water partition coefficient (Wildman–Crippen LogP) is 2.23. The number of nitrogens with two attached hydrogens (primary N) is 1. The topological polar surface area (TPSA) is 38.0 Å². The summed E-state index contributed by atoms with van der Waals surface area (Å²) in [7, 11) is 0. The van der Waals surface area contributed by atoms with Crippen LogP contribution in [0.1, 0.15) is 36.8 Å². The molecule has 0 bridgehead atoms. The first-order valence-corrected chi connectivity index (χ1v) is 5.63. The Morgan fingerprint density at radius 1 is 1.64 bits per heavy atom. The Bertz CT molecular complexity index is 333. The van der Waals surface area contributed by atoms with Crippen LogP contribution in [0.5, 0.6) is 0 Å². The van der Waals surface area contributed by atoms with E-state index in [4.69, 9.17) is 5.84 Å². The van der Waals surface area contributed by atoms with Crippen LogP contribution in [0, 0.1) is 11.8 Å². The zero-order valence-electron chi connectivity index (χ0n) is 8.63. The first kappa shape index (κ1) is 11.3. The maximum Gasteiger partial charge on any atom is 0.0665 e. The monoisotopic (exact) mass is 208 g/mol. The quantitative estimate of drug-likeness (QED) is 0.452. The number of hydrogen-bond donors (Lipinski definition) is 2. The number of hydrogen-bond acceptors (Lipinski definition) is 3. The van der Waals surface area contributed by atoms with Gasteiger partial charge < -0.3 is 0 Å². The number of hydrazine groups is 1. The molecule has 14 heavy (non-hydrogen) atoms. The summed E-state index contributed by atoms with van der Waals surface area (Å²) in [5.41, 5.74) is 4.19. The van der Waals surface area contributed by atoms with Gasteiger partial charge in [0.05, 0.1) is 6.04 Å². The van der Waals surface area contributed by atoms with Crippen LogP contribution in [-0.4, -0.2) is 0 Å². The van der Waals surface area contributed by atoms with Gasteiger partial charge in [-0.3, -0.25) is 11.3 Å². The van der Waals surface area contributed by atoms with Crippen molar-refractivity contribution in [2.45, 2.75) is 32.7 Å². The van der Waals surface area contributed by atoms with Crippen molar-refractivity contribution in [2.24, 2.45) is 5.84 Å². The highest BCUT2D eigenvalue weighted by Gasteiger charge is 2.13. The maximum atomic E-state index is 5.52. The van der Waals surface area contributed by atoms with Gasteiger partial charge in [0, 0.05) is 11.3 Å². The molecule has 0 aromatic carbocycles. The van der Waals surface area contributed by atoms with E-state index in [0.717, 1.165) is 12.8 Å². The summed E-state index contributed by atoms with van der Waals surface area (Å²) in [5.74, 6) is 11.5. The minimum atomic E-state index is 0.178. The molecule has 3 heteroatoms. The molecular weight excluding hydrogens is 192 g/mol. The normalized spacial score (nSPS) is 11.9. The minimum absolute atomic E-state index is 0.178. The summed E-state index contributed by atoms with van der Waals surface area (Å²) in [6.07, 6.45) is 1.83. The number of thiophene rings is 1. The van der Waals surface area contributed by atoms with Crippen LogP contribution in [0.4, 0.5) is 0 Å². The van der Waals surface area contributed by atoms with E-state index in [1.54, 1.807) is 11.3 Å². The standard InChI is InChI=1S/C11H16N2S/c1-3-5-6-10(13-12)11-9(4-2)7-8-14-11/h7-8,10,13H,4,6,12H2,1-2H3. The fourth-order valence-electron chi connectivity index (χ4n) is 1.38. The summed E-state index contributed by atoms with van der Waals surface area (Å²) in [6.45, 7) is 4.01. The largest absolute Gasteiger partial charge is 0.271 e. The Balaban J connectivity index is 2.80. The van der Waals surface area contributed by atoms with Gasteiger partial charge >= 0.3 is 0 Å². The summed E-state index contributed by atoms with van der Waals surface area (Å²) in [5, 5.41) is 2.11. The predicted molar refractivity (Wildman–Crippen MR) is 61.8 cm³/mol. The van der Waals surface area contributed by atoms with Crippen molar-refractivity contribution in [3.05, 3.63) is 21.9 Å². The Hall–Kier alpha value is -0.820. The lowest BCUT2D eigenvalue weighted by molar-refractivity contribution is 0.573. The molecule has 0 aliphatic heterocycles. The third kappa shape index (κ3) is 2.58. The second-order valence-electron chi connectivity index (χ2n) is 3.01. The third-order valence-electron chi connectivity index (χ3n) is 2.16. The molecule has 0 saturated carbocycles. The lowest BCUT2D eigenvalue weighted by Crippen LogP contribution is -2.27. The van der Waals surface area contributed by atoms with E-state index in [1.807, 2.05) is 6.92 Å². The van der Waals surface area contributed by atoms with Gasteiger partial charge in [-0.05, 0) is 30.4 Å². The van der Waals surface area contributed by atoms with Gasteiger partial charge in [0.1, 0.15) is 0 Å². The van der Waals surface area contributed by atoms with Crippen LogP contribution in [0.3, 0.4) is 0 Å². The van der Waals surface area contributed by atoms with Crippen LogP contribution >= 0.6 is 11.3 Å². The third-order valence-corrected chi connectivity index (χ3v) is 3.24. The second-order valence-corrected chi connectivity index (χ2v) is 3.96. The molecule has 1 unspecified atom stereocenters. The minimum Gasteiger partial charge on any atom is -0.271 e. The van der Waals surface area contributed by atoms with Crippen molar-refractivity contribution in [2.75, 3.05) is 0 Å². The molecule has 0 amide bonds. The van der Waals surface area contributed by atoms with Gasteiger partial charge in [-0.25, -0.2) is 0 Å². The molecular formula is C11H16N2S. The molecule has 0 radical (unpaired) electrons. The van der Waals surface area contributed by atoms with Crippen molar-refractivity contribution >= 4 is 11.3 Å². The molecule has 0 fully saturated rings. The lowest BCUT2D eigenvalue weighted by Gasteiger charge is -2.12. The Labute approximate surface area is 89.5 Å². The molecule has 0 aliphatic rings. The van der Waals surface area contributed by atoms with E-state index < -0.39 is 0 Å². The molecule has 76 valence electrons. The van der Waals surface area contributed by atoms with Crippen LogP contribution < -0.4 is 11.3 Å². The highest BCUT2D eigenvalue weighted by atomic mass is 32.1. The van der Waals surface area contributed by atoms with E-state index in [0.29, 0.717) is 0 Å². The molecule has 1 atom stereocenters. The lowest BCUT2D eigenvalue weighted by atomic mass is 10.1. The van der Waals surface area contributed by atoms with E-state index in [1.165, 1.54) is 10.4 Å². The Morgan fingerprint density at radius 3 is 3.00 bits per heavy atom. The smallest absolute Gasteiger partial charge is 0.0665 e. The maximum absolute atomic E-state index is 5.52. The summed E-state index contributed by atoms with van der Waals surface area (Å²) in [4.78, 5) is 1.32. The first-order valence-electron chi connectivity index (χ1n) is 4.75. The second kappa shape index (κ2) is 5.82. The SMILES string of the molecule is CC#CCC(NN)c1sccc1CC. The van der Waals surface area contributed by atoms with Crippen molar-refractivity contribution in [1.82, 2.24) is 5.43 Å². The van der Waals surface area contributed by atoms with Gasteiger partial charge in [0.25, 0.3) is 0 Å². The number of rotatable bonds is 4. The van der Waals surface area contributed by atoms with Gasteiger partial charge in [-0.1, -0.05) is 6.92 Å². The van der Waals surface area contributed by atoms with E-state index in [9.17, 15) is 0 Å². The van der Waals surface area contributed by atoms with Crippen LogP contribution in [0.15, 0.2) is 11.4 Å². The van der Waals surface area contributed by atoms with Gasteiger partial charge in [-0.15, -0.1) is 23.2 Å². The highest BCUT2D eigenvalue weighted by Crippen LogP contribution is 2.26. The van der Waals surface area contributed by atoms with Gasteiger partial charge in [0.2, 0.25) is 0 Å².